The summed E-state index contributed by atoms with van der Waals surface area (Å²) in [6.45, 7) is 3.66. The van der Waals surface area contributed by atoms with Crippen molar-refractivity contribution in [3.63, 3.8) is 0 Å². The number of fused-ring (bicyclic) bond motifs is 3. The van der Waals surface area contributed by atoms with Crippen LogP contribution in [0.5, 0.6) is 0 Å². The molecule has 3 amide bonds. The normalized spacial score (nSPS) is 25.9. The molecule has 5 fully saturated rings. The summed E-state index contributed by atoms with van der Waals surface area (Å²) >= 11 is 0. The number of benzene rings is 1. The number of piperidine rings is 3. The number of nitrogens with one attached hydrogen (secondary N) is 2. The highest BCUT2D eigenvalue weighted by atomic mass is 32.2. The Kier molecular flexibility index (Phi) is 10.7. The van der Waals surface area contributed by atoms with Crippen LogP contribution in [0.15, 0.2) is 29.2 Å². The minimum absolute atomic E-state index is 0.00761. The first kappa shape index (κ1) is 40.2. The Morgan fingerprint density at radius 1 is 1.00 bits per heavy atom. The number of nitrogens with zero attached hydrogens (tertiary/aromatic N) is 8. The summed E-state index contributed by atoms with van der Waals surface area (Å²) < 4.78 is 33.5. The Balaban J connectivity index is 0.753. The van der Waals surface area contributed by atoms with Gasteiger partial charge < -0.3 is 15.3 Å². The number of para-hydroxylation sites is 1. The molecule has 0 radical (unpaired) electrons. The van der Waals surface area contributed by atoms with E-state index in [1.165, 1.54) is 8.87 Å². The zero-order chi connectivity index (χ0) is 41.2. The number of rotatable bonds is 11. The lowest BCUT2D eigenvalue weighted by atomic mass is 9.88. The third kappa shape index (κ3) is 7.27. The molecular weight excluding hydrogens is 777 g/mol. The minimum atomic E-state index is -3.64. The molecule has 3 atom stereocenters. The van der Waals surface area contributed by atoms with Gasteiger partial charge in [-0.3, -0.25) is 33.7 Å². The van der Waals surface area contributed by atoms with Crippen LogP contribution in [0.3, 0.4) is 0 Å². The number of imidazole rings is 1. The lowest BCUT2D eigenvalue weighted by Crippen LogP contribution is -2.48. The quantitative estimate of drug-likeness (QED) is 0.240. The van der Waals surface area contributed by atoms with Gasteiger partial charge in [0, 0.05) is 64.0 Å². The number of amides is 3. The van der Waals surface area contributed by atoms with Gasteiger partial charge in [0.15, 0.2) is 0 Å². The summed E-state index contributed by atoms with van der Waals surface area (Å²) in [5.74, 6) is 0.684. The molecule has 3 N–H and O–H groups in total. The highest BCUT2D eigenvalue weighted by Gasteiger charge is 2.61. The summed E-state index contributed by atoms with van der Waals surface area (Å²) in [4.78, 5) is 65.2. The van der Waals surface area contributed by atoms with E-state index < -0.39 is 33.7 Å². The van der Waals surface area contributed by atoms with E-state index in [0.717, 1.165) is 81.2 Å². The molecule has 6 heterocycles. The summed E-state index contributed by atoms with van der Waals surface area (Å²) in [6.07, 6.45) is 10.2. The van der Waals surface area contributed by atoms with Crippen LogP contribution in [-0.2, 0) is 37.1 Å². The molecule has 2 saturated carbocycles. The average molecular weight is 833 g/mol. The average Bonchev–Trinajstić information content (AvgIpc) is 3.94. The van der Waals surface area contributed by atoms with Crippen LogP contribution in [0.1, 0.15) is 107 Å². The molecule has 6 aliphatic rings. The second-order valence-electron chi connectivity index (χ2n) is 17.7. The summed E-state index contributed by atoms with van der Waals surface area (Å²) in [5.41, 5.74) is 2.75. The minimum Gasteiger partial charge on any atom is -0.393 e. The zero-order valence-electron chi connectivity index (χ0n) is 34.0. The SMILES string of the molecule is CN(CCCN1CCC(c2cccc3c2n(C)c(=O)n3C2CCC(=O)NC2=O)CC1)S(=O)(=O)N1CCC(Nc2ncc3c(n2)N([C@@H]2CCC[C@@H](O)C2)C(=O)C32CC2)CC1. The predicted octanol–water partition coefficient (Wildman–Crippen LogP) is 2.11. The second kappa shape index (κ2) is 15.7. The Hall–Kier alpha value is -4.23. The molecular formula is C41H56N10O7S. The molecule has 3 saturated heterocycles. The van der Waals surface area contributed by atoms with Gasteiger partial charge in [0.2, 0.25) is 23.7 Å². The van der Waals surface area contributed by atoms with Crippen LogP contribution in [0.4, 0.5) is 11.8 Å². The maximum Gasteiger partial charge on any atom is 0.329 e. The predicted molar refractivity (Wildman–Crippen MR) is 220 cm³/mol. The van der Waals surface area contributed by atoms with Gasteiger partial charge in [-0.05, 0) is 114 Å². The smallest absolute Gasteiger partial charge is 0.329 e. The number of aryl methyl sites for hydroxylation is 1. The number of aliphatic hydroxyl groups excluding tert-OH is 1. The summed E-state index contributed by atoms with van der Waals surface area (Å²) in [5, 5.41) is 16.2. The van der Waals surface area contributed by atoms with E-state index in [2.05, 4.69) is 26.6 Å². The number of aliphatic hydroxyl groups is 1. The van der Waals surface area contributed by atoms with Crippen LogP contribution >= 0.6 is 0 Å². The van der Waals surface area contributed by atoms with Gasteiger partial charge in [-0.1, -0.05) is 12.1 Å². The van der Waals surface area contributed by atoms with Crippen LogP contribution in [-0.4, -0.2) is 128 Å². The fourth-order valence-corrected chi connectivity index (χ4v) is 11.9. The van der Waals surface area contributed by atoms with Gasteiger partial charge in [-0.25, -0.2) is 9.78 Å². The molecule has 2 aliphatic carbocycles. The first-order valence-electron chi connectivity index (χ1n) is 21.5. The number of hydrogen-bond acceptors (Lipinski definition) is 11. The fourth-order valence-electron chi connectivity index (χ4n) is 10.5. The van der Waals surface area contributed by atoms with E-state index in [4.69, 9.17) is 4.98 Å². The molecule has 1 aromatic carbocycles. The van der Waals surface area contributed by atoms with Crippen LogP contribution in [0, 0.1) is 0 Å². The third-order valence-electron chi connectivity index (χ3n) is 14.0. The molecule has 18 heteroatoms. The van der Waals surface area contributed by atoms with Gasteiger partial charge >= 0.3 is 5.69 Å². The van der Waals surface area contributed by atoms with Gasteiger partial charge in [0.1, 0.15) is 11.9 Å². The standard InChI is InChI=1S/C41H56N10O7S/c1-46(18-5-19-48-20-12-26(13-21-48)30-8-4-9-32-35(30)47(2)40(56)51(32)33-10-11-34(53)44-37(33)54)59(57,58)49-22-14-27(15-23-49)43-39-42-25-31-36(45-39)50(38(55)41(31)16-17-41)28-6-3-7-29(52)24-28/h4,8-9,25-29,33,52H,3,5-7,10-24H2,1-2H3,(H,42,43,45)(H,44,53,54)/t28-,29-,33?/m1/s1. The van der Waals surface area contributed by atoms with Crippen LogP contribution in [0.25, 0.3) is 11.0 Å². The first-order valence-corrected chi connectivity index (χ1v) is 22.9. The Bertz CT molecular complexity index is 2310. The summed E-state index contributed by atoms with van der Waals surface area (Å²) in [6, 6.07) is 5.09. The highest BCUT2D eigenvalue weighted by Crippen LogP contribution is 2.57. The van der Waals surface area contributed by atoms with Crippen molar-refractivity contribution >= 4 is 50.7 Å². The van der Waals surface area contributed by atoms with Crippen molar-refractivity contribution in [1.82, 2.24) is 37.9 Å². The molecule has 17 nitrogen and oxygen atoms in total. The van der Waals surface area contributed by atoms with Crippen molar-refractivity contribution in [3.8, 4) is 0 Å². The topological polar surface area (TPSA) is 195 Å². The van der Waals surface area contributed by atoms with Gasteiger partial charge in [0.05, 0.1) is 22.6 Å². The van der Waals surface area contributed by atoms with E-state index in [1.54, 1.807) is 29.2 Å². The lowest BCUT2D eigenvalue weighted by Gasteiger charge is -2.35. The molecule has 1 unspecified atom stereocenters. The third-order valence-corrected chi connectivity index (χ3v) is 16.0. The number of likely N-dealkylation sites (tertiary alicyclic amines) is 1. The first-order chi connectivity index (χ1) is 28.4. The van der Waals surface area contributed by atoms with E-state index >= 15 is 0 Å². The number of carbonyl (C=O) groups is 3. The monoisotopic (exact) mass is 832 g/mol. The van der Waals surface area contributed by atoms with Crippen LogP contribution in [0.2, 0.25) is 0 Å². The Labute approximate surface area is 344 Å². The molecule has 9 rings (SSSR count). The Morgan fingerprint density at radius 3 is 2.47 bits per heavy atom. The molecule has 1 spiro atoms. The van der Waals surface area contributed by atoms with E-state index in [-0.39, 0.29) is 41.9 Å². The van der Waals surface area contributed by atoms with Gasteiger partial charge in [-0.2, -0.15) is 22.0 Å². The highest BCUT2D eigenvalue weighted by molar-refractivity contribution is 7.86. The number of hydrogen-bond donors (Lipinski definition) is 3. The molecule has 2 aromatic heterocycles. The van der Waals surface area contributed by atoms with Crippen molar-refractivity contribution in [2.24, 2.45) is 7.05 Å². The van der Waals surface area contributed by atoms with Gasteiger partial charge in [-0.15, -0.1) is 0 Å². The number of imide groups is 1. The summed E-state index contributed by atoms with van der Waals surface area (Å²) in [7, 11) is -0.243. The van der Waals surface area contributed by atoms with Crippen molar-refractivity contribution in [2.75, 3.05) is 56.5 Å². The molecule has 0 bridgehead atoms. The number of aromatic nitrogens is 4. The van der Waals surface area contributed by atoms with Crippen LogP contribution < -0.4 is 21.2 Å². The fraction of sp³-hybridized carbons (Fsp3) is 0.659. The van der Waals surface area contributed by atoms with Crippen molar-refractivity contribution < 1.29 is 27.9 Å². The number of anilines is 2. The number of carbonyl (C=O) groups excluding carboxylic acids is 3. The maximum atomic E-state index is 13.6. The van der Waals surface area contributed by atoms with Crippen molar-refractivity contribution in [2.45, 2.75) is 119 Å². The molecule has 4 aliphatic heterocycles. The van der Waals surface area contributed by atoms with E-state index in [9.17, 15) is 32.7 Å². The largest absolute Gasteiger partial charge is 0.393 e. The maximum absolute atomic E-state index is 13.6. The zero-order valence-corrected chi connectivity index (χ0v) is 34.8. The lowest BCUT2D eigenvalue weighted by molar-refractivity contribution is -0.135. The van der Waals surface area contributed by atoms with Gasteiger partial charge in [0.25, 0.3) is 10.2 Å². The molecule has 3 aromatic rings. The van der Waals surface area contributed by atoms with E-state index in [0.29, 0.717) is 69.0 Å². The molecule has 318 valence electrons. The van der Waals surface area contributed by atoms with E-state index in [1.807, 2.05) is 17.0 Å². The Morgan fingerprint density at radius 2 is 1.76 bits per heavy atom. The molecule has 59 heavy (non-hydrogen) atoms. The van der Waals surface area contributed by atoms with Crippen molar-refractivity contribution in [1.29, 1.82) is 0 Å². The second-order valence-corrected chi connectivity index (χ2v) is 19.7. The van der Waals surface area contributed by atoms with Crippen molar-refractivity contribution in [3.05, 3.63) is 46.0 Å².